The average Bonchev–Trinajstić information content (AvgIpc) is 2.72. The summed E-state index contributed by atoms with van der Waals surface area (Å²) in [5.74, 6) is -3.38. The fraction of sp³-hybridized carbons (Fsp3) is 0.250. The molecule has 1 saturated heterocycles. The van der Waals surface area contributed by atoms with E-state index in [1.807, 2.05) is 0 Å². The van der Waals surface area contributed by atoms with E-state index in [1.165, 1.54) is 6.08 Å². The summed E-state index contributed by atoms with van der Waals surface area (Å²) in [5, 5.41) is 2.20. The minimum Gasteiger partial charge on any atom is -0.296 e. The van der Waals surface area contributed by atoms with Crippen molar-refractivity contribution in [1.29, 1.82) is 0 Å². The van der Waals surface area contributed by atoms with E-state index in [2.05, 4.69) is 11.9 Å². The second-order valence-electron chi connectivity index (χ2n) is 5.24. The SMILES string of the molecule is C=Cc1cccc2c1C(=O)C(C1CCC(=O)NC1=O)C2=O. The molecule has 2 unspecified atom stereocenters. The van der Waals surface area contributed by atoms with Gasteiger partial charge in [0.05, 0.1) is 11.8 Å². The van der Waals surface area contributed by atoms with E-state index in [0.29, 0.717) is 16.7 Å². The molecule has 0 bridgehead atoms. The molecule has 5 heteroatoms. The molecule has 5 nitrogen and oxygen atoms in total. The maximum atomic E-state index is 12.6. The number of ketones is 2. The van der Waals surface area contributed by atoms with Crippen molar-refractivity contribution in [1.82, 2.24) is 5.32 Å². The van der Waals surface area contributed by atoms with Crippen molar-refractivity contribution in [3.63, 3.8) is 0 Å². The first kappa shape index (κ1) is 13.4. The highest BCUT2D eigenvalue weighted by Crippen LogP contribution is 2.36. The minimum atomic E-state index is -1.02. The molecule has 0 aromatic heterocycles. The first-order valence-electron chi connectivity index (χ1n) is 6.72. The molecule has 106 valence electrons. The normalized spacial score (nSPS) is 24.8. The Bertz CT molecular complexity index is 704. The number of imide groups is 1. The summed E-state index contributed by atoms with van der Waals surface area (Å²) in [7, 11) is 0. The van der Waals surface area contributed by atoms with Gasteiger partial charge in [-0.05, 0) is 12.0 Å². The van der Waals surface area contributed by atoms with Crippen LogP contribution in [0.25, 0.3) is 6.08 Å². The van der Waals surface area contributed by atoms with Crippen LogP contribution in [-0.2, 0) is 9.59 Å². The molecule has 3 rings (SSSR count). The fourth-order valence-electron chi connectivity index (χ4n) is 3.06. The lowest BCUT2D eigenvalue weighted by Crippen LogP contribution is -2.46. The topological polar surface area (TPSA) is 80.3 Å². The van der Waals surface area contributed by atoms with Crippen LogP contribution in [0.1, 0.15) is 39.1 Å². The van der Waals surface area contributed by atoms with Crippen LogP contribution in [-0.4, -0.2) is 23.4 Å². The molecular weight excluding hydrogens is 270 g/mol. The lowest BCUT2D eigenvalue weighted by Gasteiger charge is -2.24. The van der Waals surface area contributed by atoms with Crippen LogP contribution in [0.5, 0.6) is 0 Å². The van der Waals surface area contributed by atoms with Crippen molar-refractivity contribution in [2.45, 2.75) is 12.8 Å². The van der Waals surface area contributed by atoms with Crippen LogP contribution in [0.2, 0.25) is 0 Å². The number of hydrogen-bond donors (Lipinski definition) is 1. The standard InChI is InChI=1S/C16H13NO4/c1-2-8-4-3-5-9-12(8)15(20)13(14(9)19)10-6-7-11(18)17-16(10)21/h2-5,10,13H,1,6-7H2,(H,17,18,21). The van der Waals surface area contributed by atoms with E-state index in [0.717, 1.165) is 0 Å². The molecule has 1 aromatic carbocycles. The summed E-state index contributed by atoms with van der Waals surface area (Å²) < 4.78 is 0. The Morgan fingerprint density at radius 2 is 1.90 bits per heavy atom. The molecule has 1 aromatic rings. The highest BCUT2D eigenvalue weighted by molar-refractivity contribution is 6.29. The number of Topliss-reactive ketones (excluding diaryl/α,β-unsaturated/α-hetero) is 2. The van der Waals surface area contributed by atoms with Crippen molar-refractivity contribution in [2.24, 2.45) is 11.8 Å². The van der Waals surface area contributed by atoms with Crippen LogP contribution in [0.4, 0.5) is 0 Å². The van der Waals surface area contributed by atoms with Crippen molar-refractivity contribution in [3.8, 4) is 0 Å². The molecule has 21 heavy (non-hydrogen) atoms. The smallest absolute Gasteiger partial charge is 0.230 e. The van der Waals surface area contributed by atoms with Gasteiger partial charge in [0.1, 0.15) is 0 Å². The Balaban J connectivity index is 2.02. The Morgan fingerprint density at radius 1 is 1.14 bits per heavy atom. The van der Waals surface area contributed by atoms with E-state index in [-0.39, 0.29) is 30.3 Å². The molecule has 2 atom stereocenters. The van der Waals surface area contributed by atoms with Crippen LogP contribution in [0, 0.1) is 11.8 Å². The third kappa shape index (κ3) is 1.93. The summed E-state index contributed by atoms with van der Waals surface area (Å²) in [6.07, 6.45) is 1.90. The number of rotatable bonds is 2. The predicted octanol–water partition coefficient (Wildman–Crippen LogP) is 1.38. The molecule has 0 saturated carbocycles. The number of piperidine rings is 1. The number of carbonyl (C=O) groups is 4. The first-order chi connectivity index (χ1) is 10.0. The van der Waals surface area contributed by atoms with Gasteiger partial charge in [0.2, 0.25) is 11.8 Å². The zero-order valence-electron chi connectivity index (χ0n) is 11.2. The lowest BCUT2D eigenvalue weighted by molar-refractivity contribution is -0.137. The summed E-state index contributed by atoms with van der Waals surface area (Å²) >= 11 is 0. The molecule has 0 spiro atoms. The van der Waals surface area contributed by atoms with E-state index in [1.54, 1.807) is 18.2 Å². The molecule has 1 N–H and O–H groups in total. The number of carbonyl (C=O) groups excluding carboxylic acids is 4. The van der Waals surface area contributed by atoms with Gasteiger partial charge in [0, 0.05) is 17.5 Å². The molecule has 1 aliphatic carbocycles. The highest BCUT2D eigenvalue weighted by atomic mass is 16.2. The van der Waals surface area contributed by atoms with E-state index < -0.39 is 17.7 Å². The zero-order valence-corrected chi connectivity index (χ0v) is 11.2. The molecule has 1 fully saturated rings. The maximum Gasteiger partial charge on any atom is 0.230 e. The van der Waals surface area contributed by atoms with Gasteiger partial charge in [-0.25, -0.2) is 0 Å². The summed E-state index contributed by atoms with van der Waals surface area (Å²) in [5.41, 5.74) is 1.28. The molecule has 1 heterocycles. The molecule has 0 radical (unpaired) electrons. The quantitative estimate of drug-likeness (QED) is 0.656. The second kappa shape index (κ2) is 4.77. The summed E-state index contributed by atoms with van der Waals surface area (Å²) in [6.45, 7) is 3.64. The number of amides is 2. The Morgan fingerprint density at radius 3 is 2.57 bits per heavy atom. The van der Waals surface area contributed by atoms with Gasteiger partial charge < -0.3 is 0 Å². The molecule has 2 aliphatic rings. The van der Waals surface area contributed by atoms with Crippen molar-refractivity contribution >= 4 is 29.5 Å². The monoisotopic (exact) mass is 283 g/mol. The van der Waals surface area contributed by atoms with Gasteiger partial charge in [-0.3, -0.25) is 24.5 Å². The predicted molar refractivity (Wildman–Crippen MR) is 74.6 cm³/mol. The third-order valence-corrected chi connectivity index (χ3v) is 4.08. The highest BCUT2D eigenvalue weighted by Gasteiger charge is 2.47. The zero-order chi connectivity index (χ0) is 15.1. The molecular formula is C16H13NO4. The Labute approximate surface area is 121 Å². The molecule has 2 amide bonds. The van der Waals surface area contributed by atoms with Crippen LogP contribution in [0.15, 0.2) is 24.8 Å². The number of nitrogens with one attached hydrogen (secondary N) is 1. The lowest BCUT2D eigenvalue weighted by atomic mass is 9.82. The third-order valence-electron chi connectivity index (χ3n) is 4.08. The second-order valence-corrected chi connectivity index (χ2v) is 5.24. The largest absolute Gasteiger partial charge is 0.296 e. The van der Waals surface area contributed by atoms with Gasteiger partial charge in [-0.2, -0.15) is 0 Å². The van der Waals surface area contributed by atoms with Gasteiger partial charge in [-0.15, -0.1) is 0 Å². The van der Waals surface area contributed by atoms with E-state index in [4.69, 9.17) is 0 Å². The molecule has 1 aliphatic heterocycles. The van der Waals surface area contributed by atoms with Gasteiger partial charge >= 0.3 is 0 Å². The Kier molecular flexibility index (Phi) is 3.05. The summed E-state index contributed by atoms with van der Waals surface area (Å²) in [6, 6.07) is 4.99. The van der Waals surface area contributed by atoms with E-state index >= 15 is 0 Å². The number of fused-ring (bicyclic) bond motifs is 1. The van der Waals surface area contributed by atoms with Gasteiger partial charge in [-0.1, -0.05) is 30.9 Å². The summed E-state index contributed by atoms with van der Waals surface area (Å²) in [4.78, 5) is 48.2. The maximum absolute atomic E-state index is 12.6. The Hall–Kier alpha value is -2.56. The van der Waals surface area contributed by atoms with Crippen LogP contribution < -0.4 is 5.32 Å². The average molecular weight is 283 g/mol. The van der Waals surface area contributed by atoms with Crippen molar-refractivity contribution in [2.75, 3.05) is 0 Å². The van der Waals surface area contributed by atoms with Crippen LogP contribution >= 0.6 is 0 Å². The first-order valence-corrected chi connectivity index (χ1v) is 6.72. The minimum absolute atomic E-state index is 0.151. The van der Waals surface area contributed by atoms with Gasteiger partial charge in [0.25, 0.3) is 0 Å². The number of benzene rings is 1. The van der Waals surface area contributed by atoms with Gasteiger partial charge in [0.15, 0.2) is 11.6 Å². The van der Waals surface area contributed by atoms with Crippen molar-refractivity contribution in [3.05, 3.63) is 41.5 Å². The van der Waals surface area contributed by atoms with E-state index in [9.17, 15) is 19.2 Å². The van der Waals surface area contributed by atoms with Crippen LogP contribution in [0.3, 0.4) is 0 Å². The number of hydrogen-bond acceptors (Lipinski definition) is 4. The fourth-order valence-corrected chi connectivity index (χ4v) is 3.06. The van der Waals surface area contributed by atoms with Crippen molar-refractivity contribution < 1.29 is 19.2 Å².